The van der Waals surface area contributed by atoms with Gasteiger partial charge in [0.2, 0.25) is 5.91 Å². The number of ether oxygens (including phenoxy) is 2. The molecule has 0 spiro atoms. The van der Waals surface area contributed by atoms with Crippen molar-refractivity contribution in [2.75, 3.05) is 10.8 Å². The first-order valence-corrected chi connectivity index (χ1v) is 16.2. The Labute approximate surface area is 257 Å². The maximum Gasteiger partial charge on any atom is 0.416 e. The van der Waals surface area contributed by atoms with Gasteiger partial charge < -0.3 is 9.47 Å². The summed E-state index contributed by atoms with van der Waals surface area (Å²) in [5.41, 5.74) is -1.83. The summed E-state index contributed by atoms with van der Waals surface area (Å²) >= 11 is 0. The fraction of sp³-hybridized carbons (Fsp3) is 0.310. The second-order valence-electron chi connectivity index (χ2n) is 11.1. The highest BCUT2D eigenvalue weighted by Gasteiger charge is 2.38. The van der Waals surface area contributed by atoms with Crippen LogP contribution in [0.25, 0.3) is 0 Å². The Kier molecular flexibility index (Phi) is 9.22. The first-order chi connectivity index (χ1) is 20.7. The number of halogens is 4. The average molecular weight is 673 g/mol. The number of sulfonamides is 2. The van der Waals surface area contributed by atoms with E-state index in [1.165, 1.54) is 18.2 Å². The van der Waals surface area contributed by atoms with Crippen molar-refractivity contribution < 1.29 is 53.5 Å². The summed E-state index contributed by atoms with van der Waals surface area (Å²) in [4.78, 5) is 24.1. The van der Waals surface area contributed by atoms with Crippen molar-refractivity contribution in [1.29, 1.82) is 0 Å². The number of fused-ring (bicyclic) bond motifs is 1. The molecule has 0 aliphatic carbocycles. The Morgan fingerprint density at radius 1 is 0.956 bits per heavy atom. The molecule has 0 unspecified atom stereocenters. The Morgan fingerprint density at radius 3 is 2.24 bits per heavy atom. The zero-order chi connectivity index (χ0) is 33.4. The van der Waals surface area contributed by atoms with Crippen molar-refractivity contribution in [2.45, 2.75) is 61.3 Å². The molecule has 0 saturated heterocycles. The monoisotopic (exact) mass is 672 g/mol. The Hall–Kier alpha value is -4.18. The molecule has 10 nitrogen and oxygen atoms in total. The van der Waals surface area contributed by atoms with Gasteiger partial charge >= 0.3 is 12.1 Å². The van der Waals surface area contributed by atoms with Crippen molar-refractivity contribution in [2.24, 2.45) is 0 Å². The molecule has 4 rings (SSSR count). The molecule has 0 saturated carbocycles. The normalized spacial score (nSPS) is 15.5. The molecule has 16 heteroatoms. The molecule has 1 aliphatic heterocycles. The molecule has 1 atom stereocenters. The van der Waals surface area contributed by atoms with Crippen LogP contribution >= 0.6 is 0 Å². The van der Waals surface area contributed by atoms with Gasteiger partial charge in [-0.15, -0.1) is 0 Å². The SMILES string of the molecule is CC(C)(C)OC(=O)Cc1ccc2c(c1)N(S(=O)(=O)c1cccc(C(F)(F)F)c1)C[C@H](CC(=O)NS(=O)(=O)c1ccc(F)cc1)O2. The second-order valence-corrected chi connectivity index (χ2v) is 14.6. The van der Waals surface area contributed by atoms with Crippen molar-refractivity contribution >= 4 is 37.6 Å². The van der Waals surface area contributed by atoms with E-state index in [1.54, 1.807) is 20.8 Å². The minimum absolute atomic E-state index is 0.0936. The van der Waals surface area contributed by atoms with Gasteiger partial charge in [0.25, 0.3) is 20.0 Å². The minimum atomic E-state index is -4.84. The Balaban J connectivity index is 1.67. The molecule has 0 fully saturated rings. The van der Waals surface area contributed by atoms with Gasteiger partial charge in [-0.2, -0.15) is 13.2 Å². The van der Waals surface area contributed by atoms with E-state index in [9.17, 15) is 44.0 Å². The lowest BCUT2D eigenvalue weighted by molar-refractivity contribution is -0.154. The lowest BCUT2D eigenvalue weighted by atomic mass is 10.1. The van der Waals surface area contributed by atoms with Gasteiger partial charge in [0, 0.05) is 0 Å². The first kappa shape index (κ1) is 33.7. The van der Waals surface area contributed by atoms with Crippen LogP contribution in [0.4, 0.5) is 23.2 Å². The number of carbonyl (C=O) groups excluding carboxylic acids is 2. The van der Waals surface area contributed by atoms with Crippen molar-refractivity contribution in [3.05, 3.63) is 83.7 Å². The van der Waals surface area contributed by atoms with Gasteiger partial charge in [0.05, 0.1) is 40.4 Å². The van der Waals surface area contributed by atoms with E-state index in [0.29, 0.717) is 17.7 Å². The molecule has 0 bridgehead atoms. The van der Waals surface area contributed by atoms with Crippen LogP contribution < -0.4 is 13.8 Å². The molecule has 0 radical (unpaired) electrons. The van der Waals surface area contributed by atoms with Gasteiger partial charge in [-0.25, -0.2) is 25.9 Å². The number of alkyl halides is 3. The van der Waals surface area contributed by atoms with E-state index in [2.05, 4.69) is 0 Å². The zero-order valence-electron chi connectivity index (χ0n) is 24.1. The third kappa shape index (κ3) is 8.30. The van der Waals surface area contributed by atoms with Crippen molar-refractivity contribution in [3.63, 3.8) is 0 Å². The van der Waals surface area contributed by atoms with E-state index in [4.69, 9.17) is 9.47 Å². The smallest absolute Gasteiger partial charge is 0.416 e. The van der Waals surface area contributed by atoms with Crippen LogP contribution in [-0.4, -0.2) is 47.0 Å². The summed E-state index contributed by atoms with van der Waals surface area (Å²) in [5, 5.41) is 0. The molecule has 45 heavy (non-hydrogen) atoms. The average Bonchev–Trinajstić information content (AvgIpc) is 2.91. The standard InChI is InChI=1S/C29H28F4N2O8S2/c1-28(2,3)43-27(37)14-18-7-12-25-24(13-18)35(45(40,41)23-6-4-5-19(15-23)29(31,32)33)17-21(42-25)16-26(36)34-44(38,39)22-10-8-20(30)9-11-22/h4-13,15,21H,14,16-17H2,1-3H3,(H,34,36)/t21-/m0/s1. The van der Waals surface area contributed by atoms with Crippen LogP contribution in [-0.2, 0) is 47.0 Å². The van der Waals surface area contributed by atoms with Crippen LogP contribution in [0.2, 0.25) is 0 Å². The minimum Gasteiger partial charge on any atom is -0.486 e. The van der Waals surface area contributed by atoms with Gasteiger partial charge in [-0.05, 0) is 80.9 Å². The largest absolute Gasteiger partial charge is 0.486 e. The number of anilines is 1. The number of hydrogen-bond donors (Lipinski definition) is 1. The van der Waals surface area contributed by atoms with Crippen LogP contribution in [0.5, 0.6) is 5.75 Å². The molecule has 1 aliphatic rings. The maximum atomic E-state index is 13.8. The van der Waals surface area contributed by atoms with E-state index < -0.39 is 83.9 Å². The van der Waals surface area contributed by atoms with Crippen LogP contribution in [0.1, 0.15) is 38.3 Å². The fourth-order valence-electron chi connectivity index (χ4n) is 4.38. The Morgan fingerprint density at radius 2 is 1.62 bits per heavy atom. The lowest BCUT2D eigenvalue weighted by Crippen LogP contribution is -2.46. The quantitative estimate of drug-likeness (QED) is 0.272. The van der Waals surface area contributed by atoms with Gasteiger partial charge in [-0.3, -0.25) is 13.9 Å². The topological polar surface area (TPSA) is 136 Å². The number of esters is 1. The number of nitrogens with zero attached hydrogens (tertiary/aromatic N) is 1. The number of rotatable bonds is 8. The van der Waals surface area contributed by atoms with E-state index in [0.717, 1.165) is 40.7 Å². The summed E-state index contributed by atoms with van der Waals surface area (Å²) in [6.07, 6.45) is -7.09. The number of hydrogen-bond acceptors (Lipinski definition) is 8. The summed E-state index contributed by atoms with van der Waals surface area (Å²) in [7, 11) is -9.16. The summed E-state index contributed by atoms with van der Waals surface area (Å²) in [6, 6.07) is 10.8. The van der Waals surface area contributed by atoms with E-state index in [1.807, 2.05) is 4.72 Å². The van der Waals surface area contributed by atoms with Crippen molar-refractivity contribution in [1.82, 2.24) is 4.72 Å². The van der Waals surface area contributed by atoms with Crippen LogP contribution in [0, 0.1) is 5.82 Å². The van der Waals surface area contributed by atoms with Gasteiger partial charge in [0.1, 0.15) is 23.3 Å². The van der Waals surface area contributed by atoms with Crippen LogP contribution in [0.3, 0.4) is 0 Å². The molecule has 242 valence electrons. The molecular weight excluding hydrogens is 644 g/mol. The number of benzene rings is 3. The fourth-order valence-corrected chi connectivity index (χ4v) is 6.92. The highest BCUT2D eigenvalue weighted by atomic mass is 32.2. The maximum absolute atomic E-state index is 13.8. The molecular formula is C29H28F4N2O8S2. The Bertz CT molecular complexity index is 1820. The summed E-state index contributed by atoms with van der Waals surface area (Å²) < 4.78 is 120. The number of amides is 1. The molecule has 1 amide bonds. The van der Waals surface area contributed by atoms with Crippen LogP contribution in [0.15, 0.2) is 76.5 Å². The number of nitrogens with one attached hydrogen (secondary N) is 1. The third-order valence-corrected chi connectivity index (χ3v) is 9.42. The van der Waals surface area contributed by atoms with Crippen molar-refractivity contribution in [3.8, 4) is 5.75 Å². The zero-order valence-corrected chi connectivity index (χ0v) is 25.7. The number of carbonyl (C=O) groups is 2. The molecule has 0 aromatic heterocycles. The predicted molar refractivity (Wildman–Crippen MR) is 153 cm³/mol. The molecule has 1 heterocycles. The predicted octanol–water partition coefficient (Wildman–Crippen LogP) is 4.58. The molecule has 3 aromatic carbocycles. The lowest BCUT2D eigenvalue weighted by Gasteiger charge is -2.35. The van der Waals surface area contributed by atoms with E-state index in [-0.39, 0.29) is 17.9 Å². The van der Waals surface area contributed by atoms with E-state index >= 15 is 0 Å². The molecule has 3 aromatic rings. The van der Waals surface area contributed by atoms with Gasteiger partial charge in [0.15, 0.2) is 0 Å². The summed E-state index contributed by atoms with van der Waals surface area (Å²) in [6.45, 7) is 4.38. The summed E-state index contributed by atoms with van der Waals surface area (Å²) in [5.74, 6) is -2.51. The third-order valence-electron chi connectivity index (χ3n) is 6.26. The molecule has 1 N–H and O–H groups in total. The highest BCUT2D eigenvalue weighted by Crippen LogP contribution is 2.39. The first-order valence-electron chi connectivity index (χ1n) is 13.3. The second kappa shape index (κ2) is 12.3. The highest BCUT2D eigenvalue weighted by molar-refractivity contribution is 7.92. The van der Waals surface area contributed by atoms with Gasteiger partial charge in [-0.1, -0.05) is 12.1 Å².